The van der Waals surface area contributed by atoms with Crippen molar-refractivity contribution in [3.63, 3.8) is 0 Å². The monoisotopic (exact) mass is 334 g/mol. The summed E-state index contributed by atoms with van der Waals surface area (Å²) >= 11 is 0. The molecule has 1 aliphatic heterocycles. The molecular formula is C16H16F2N4O2. The van der Waals surface area contributed by atoms with Crippen molar-refractivity contribution in [2.24, 2.45) is 0 Å². The van der Waals surface area contributed by atoms with Crippen LogP contribution < -0.4 is 0 Å². The van der Waals surface area contributed by atoms with Gasteiger partial charge in [0.25, 0.3) is 0 Å². The highest BCUT2D eigenvalue weighted by Crippen LogP contribution is 2.14. The molecule has 0 bridgehead atoms. The van der Waals surface area contributed by atoms with Gasteiger partial charge in [0, 0.05) is 37.8 Å². The van der Waals surface area contributed by atoms with Crippen LogP contribution in [-0.2, 0) is 11.3 Å². The molecule has 0 unspecified atom stereocenters. The van der Waals surface area contributed by atoms with Crippen LogP contribution in [0.2, 0.25) is 0 Å². The molecule has 0 N–H and O–H groups in total. The molecule has 0 spiro atoms. The molecule has 1 aromatic heterocycles. The number of halogens is 2. The molecule has 2 aromatic rings. The van der Waals surface area contributed by atoms with Crippen LogP contribution in [-0.4, -0.2) is 52.0 Å². The van der Waals surface area contributed by atoms with E-state index in [1.165, 1.54) is 24.6 Å². The van der Waals surface area contributed by atoms with E-state index < -0.39 is 11.6 Å². The molecule has 6 nitrogen and oxygen atoms in total. The van der Waals surface area contributed by atoms with Crippen LogP contribution in [0.3, 0.4) is 0 Å². The van der Waals surface area contributed by atoms with Crippen LogP contribution in [0.25, 0.3) is 6.08 Å². The SMILES string of the molecule is O=C(/C=C/c1c(F)cccc1F)N1CCN(Cc2ncon2)CC1. The van der Waals surface area contributed by atoms with Crippen LogP contribution in [0.4, 0.5) is 8.78 Å². The van der Waals surface area contributed by atoms with Crippen molar-refractivity contribution in [1.29, 1.82) is 0 Å². The zero-order valence-corrected chi connectivity index (χ0v) is 12.9. The van der Waals surface area contributed by atoms with E-state index in [1.54, 1.807) is 4.90 Å². The second-order valence-electron chi connectivity index (χ2n) is 5.42. The number of hydrogen-bond acceptors (Lipinski definition) is 5. The van der Waals surface area contributed by atoms with E-state index in [2.05, 4.69) is 19.6 Å². The molecule has 0 saturated carbocycles. The first-order valence-corrected chi connectivity index (χ1v) is 7.52. The number of rotatable bonds is 4. The van der Waals surface area contributed by atoms with Gasteiger partial charge in [-0.05, 0) is 18.2 Å². The minimum absolute atomic E-state index is 0.207. The van der Waals surface area contributed by atoms with Gasteiger partial charge in [0.1, 0.15) is 11.6 Å². The molecule has 24 heavy (non-hydrogen) atoms. The van der Waals surface area contributed by atoms with Gasteiger partial charge in [-0.15, -0.1) is 0 Å². The maximum atomic E-state index is 13.5. The van der Waals surface area contributed by atoms with Gasteiger partial charge in [-0.25, -0.2) is 8.78 Å². The Hall–Kier alpha value is -2.61. The second-order valence-corrected chi connectivity index (χ2v) is 5.42. The number of benzene rings is 1. The Morgan fingerprint density at radius 3 is 2.54 bits per heavy atom. The number of carbonyl (C=O) groups excluding carboxylic acids is 1. The first-order valence-electron chi connectivity index (χ1n) is 7.52. The quantitative estimate of drug-likeness (QED) is 0.797. The highest BCUT2D eigenvalue weighted by Gasteiger charge is 2.20. The highest BCUT2D eigenvalue weighted by molar-refractivity contribution is 5.91. The molecule has 1 saturated heterocycles. The second kappa shape index (κ2) is 7.31. The zero-order chi connectivity index (χ0) is 16.9. The van der Waals surface area contributed by atoms with Crippen LogP contribution in [0.5, 0.6) is 0 Å². The lowest BCUT2D eigenvalue weighted by Crippen LogP contribution is -2.47. The number of amides is 1. The van der Waals surface area contributed by atoms with E-state index in [0.29, 0.717) is 38.5 Å². The third-order valence-corrected chi connectivity index (χ3v) is 3.85. The Morgan fingerprint density at radius 1 is 1.21 bits per heavy atom. The molecule has 1 amide bonds. The molecule has 0 aliphatic carbocycles. The van der Waals surface area contributed by atoms with Crippen molar-refractivity contribution in [2.45, 2.75) is 6.54 Å². The van der Waals surface area contributed by atoms with Crippen LogP contribution >= 0.6 is 0 Å². The van der Waals surface area contributed by atoms with Gasteiger partial charge in [-0.3, -0.25) is 9.69 Å². The van der Waals surface area contributed by atoms with Crippen molar-refractivity contribution in [2.75, 3.05) is 26.2 Å². The maximum Gasteiger partial charge on any atom is 0.246 e. The molecule has 1 aromatic carbocycles. The average Bonchev–Trinajstić information content (AvgIpc) is 3.08. The standard InChI is InChI=1S/C16H16F2N4O2/c17-13-2-1-3-14(18)12(13)4-5-16(23)22-8-6-21(7-9-22)10-15-19-11-24-20-15/h1-5,11H,6-10H2/b5-4+. The molecule has 3 rings (SSSR count). The normalized spacial score (nSPS) is 16.0. The minimum atomic E-state index is -0.691. The summed E-state index contributed by atoms with van der Waals surface area (Å²) < 4.78 is 31.8. The van der Waals surface area contributed by atoms with E-state index in [0.717, 1.165) is 12.1 Å². The Labute approximate surface area is 137 Å². The van der Waals surface area contributed by atoms with Crippen molar-refractivity contribution in [3.05, 3.63) is 53.7 Å². The first-order chi connectivity index (χ1) is 11.6. The lowest BCUT2D eigenvalue weighted by molar-refractivity contribution is -0.127. The summed E-state index contributed by atoms with van der Waals surface area (Å²) in [4.78, 5) is 19.9. The van der Waals surface area contributed by atoms with E-state index in [-0.39, 0.29) is 11.5 Å². The van der Waals surface area contributed by atoms with Crippen LogP contribution in [0.15, 0.2) is 35.2 Å². The van der Waals surface area contributed by atoms with E-state index in [9.17, 15) is 13.6 Å². The van der Waals surface area contributed by atoms with Gasteiger partial charge >= 0.3 is 0 Å². The number of nitrogens with zero attached hydrogens (tertiary/aromatic N) is 4. The molecule has 126 valence electrons. The van der Waals surface area contributed by atoms with E-state index in [4.69, 9.17) is 0 Å². The highest BCUT2D eigenvalue weighted by atomic mass is 19.1. The third-order valence-electron chi connectivity index (χ3n) is 3.85. The number of piperazine rings is 1. The van der Waals surface area contributed by atoms with Crippen LogP contribution in [0, 0.1) is 11.6 Å². The fourth-order valence-corrected chi connectivity index (χ4v) is 2.52. The van der Waals surface area contributed by atoms with Gasteiger partial charge in [-0.2, -0.15) is 4.98 Å². The van der Waals surface area contributed by atoms with Crippen molar-refractivity contribution in [1.82, 2.24) is 19.9 Å². The predicted molar refractivity (Wildman–Crippen MR) is 81.5 cm³/mol. The lowest BCUT2D eigenvalue weighted by Gasteiger charge is -2.33. The van der Waals surface area contributed by atoms with Crippen molar-refractivity contribution < 1.29 is 18.1 Å². The smallest absolute Gasteiger partial charge is 0.246 e. The van der Waals surface area contributed by atoms with Gasteiger partial charge in [0.2, 0.25) is 12.3 Å². The van der Waals surface area contributed by atoms with Crippen molar-refractivity contribution in [3.8, 4) is 0 Å². The summed E-state index contributed by atoms with van der Waals surface area (Å²) in [6.45, 7) is 2.96. The number of hydrogen-bond donors (Lipinski definition) is 0. The molecule has 1 aliphatic rings. The third kappa shape index (κ3) is 3.83. The van der Waals surface area contributed by atoms with Gasteiger partial charge < -0.3 is 9.42 Å². The average molecular weight is 334 g/mol. The number of carbonyl (C=O) groups is 1. The summed E-state index contributed by atoms with van der Waals surface area (Å²) in [7, 11) is 0. The zero-order valence-electron chi connectivity index (χ0n) is 12.9. The fourth-order valence-electron chi connectivity index (χ4n) is 2.52. The van der Waals surface area contributed by atoms with Crippen LogP contribution in [0.1, 0.15) is 11.4 Å². The maximum absolute atomic E-state index is 13.5. The van der Waals surface area contributed by atoms with Gasteiger partial charge in [0.15, 0.2) is 5.82 Å². The Bertz CT molecular complexity index is 705. The van der Waals surface area contributed by atoms with Gasteiger partial charge in [-0.1, -0.05) is 11.2 Å². The summed E-state index contributed by atoms with van der Waals surface area (Å²) in [5, 5.41) is 3.75. The molecule has 0 radical (unpaired) electrons. The molecule has 2 heterocycles. The Kier molecular flexibility index (Phi) is 4.95. The predicted octanol–water partition coefficient (Wildman–Crippen LogP) is 1.71. The Balaban J connectivity index is 1.54. The summed E-state index contributed by atoms with van der Waals surface area (Å²) in [5.41, 5.74) is -0.207. The minimum Gasteiger partial charge on any atom is -0.343 e. The summed E-state index contributed by atoms with van der Waals surface area (Å²) in [6, 6.07) is 3.60. The largest absolute Gasteiger partial charge is 0.343 e. The lowest BCUT2D eigenvalue weighted by atomic mass is 10.2. The first kappa shape index (κ1) is 16.3. The topological polar surface area (TPSA) is 62.5 Å². The number of aromatic nitrogens is 2. The molecular weight excluding hydrogens is 318 g/mol. The Morgan fingerprint density at radius 2 is 1.92 bits per heavy atom. The molecule has 8 heteroatoms. The van der Waals surface area contributed by atoms with E-state index >= 15 is 0 Å². The molecule has 1 fully saturated rings. The van der Waals surface area contributed by atoms with E-state index in [1.807, 2.05) is 0 Å². The van der Waals surface area contributed by atoms with Crippen molar-refractivity contribution >= 4 is 12.0 Å². The summed E-state index contributed by atoms with van der Waals surface area (Å²) in [5.74, 6) is -1.05. The van der Waals surface area contributed by atoms with Gasteiger partial charge in [0.05, 0.1) is 6.54 Å². The summed E-state index contributed by atoms with van der Waals surface area (Å²) in [6.07, 6.45) is 3.66. The fraction of sp³-hybridized carbons (Fsp3) is 0.312. The molecule has 0 atom stereocenters.